The molecule has 2 aromatic rings. The zero-order chi connectivity index (χ0) is 12.7. The molecule has 2 aromatic carbocycles. The van der Waals surface area contributed by atoms with E-state index in [-0.39, 0.29) is 6.17 Å². The fourth-order valence-electron chi connectivity index (χ4n) is 2.67. The van der Waals surface area contributed by atoms with Crippen LogP contribution in [0.1, 0.15) is 11.7 Å². The molecule has 0 saturated carbocycles. The van der Waals surface area contributed by atoms with E-state index in [1.807, 2.05) is 0 Å². The zero-order valence-corrected chi connectivity index (χ0v) is 12.1. The molecule has 0 atom stereocenters. The van der Waals surface area contributed by atoms with Gasteiger partial charge in [-0.05, 0) is 29.8 Å². The van der Waals surface area contributed by atoms with Crippen LogP contribution in [0, 0.1) is 0 Å². The van der Waals surface area contributed by atoms with Gasteiger partial charge in [-0.25, -0.2) is 0 Å². The second kappa shape index (κ2) is 4.32. The molecule has 0 saturated heterocycles. The summed E-state index contributed by atoms with van der Waals surface area (Å²) in [4.78, 5) is 4.64. The molecular weight excluding hydrogens is 288 g/mol. The molecule has 18 heavy (non-hydrogen) atoms. The smallest absolute Gasteiger partial charge is 0.128 e. The van der Waals surface area contributed by atoms with E-state index in [2.05, 4.69) is 88.4 Å². The molecule has 1 aliphatic heterocycles. The topological polar surface area (TPSA) is 6.48 Å². The minimum Gasteiger partial charge on any atom is -0.349 e. The van der Waals surface area contributed by atoms with E-state index in [4.69, 9.17) is 0 Å². The summed E-state index contributed by atoms with van der Waals surface area (Å²) < 4.78 is 1.12. The van der Waals surface area contributed by atoms with E-state index in [0.717, 1.165) is 4.47 Å². The molecule has 0 bridgehead atoms. The van der Waals surface area contributed by atoms with E-state index in [1.165, 1.54) is 16.9 Å². The van der Waals surface area contributed by atoms with Crippen molar-refractivity contribution in [2.24, 2.45) is 0 Å². The summed E-state index contributed by atoms with van der Waals surface area (Å²) in [6.07, 6.45) is 0.274. The van der Waals surface area contributed by atoms with Crippen LogP contribution in [0.5, 0.6) is 0 Å². The van der Waals surface area contributed by atoms with Gasteiger partial charge in [0.2, 0.25) is 0 Å². The van der Waals surface area contributed by atoms with Crippen LogP contribution in [0.15, 0.2) is 53.0 Å². The summed E-state index contributed by atoms with van der Waals surface area (Å²) in [7, 11) is 4.30. The Hall–Kier alpha value is -1.48. The minimum absolute atomic E-state index is 0.274. The van der Waals surface area contributed by atoms with Crippen molar-refractivity contribution in [3.05, 3.63) is 58.6 Å². The summed E-state index contributed by atoms with van der Waals surface area (Å²) in [5.74, 6) is 0. The molecule has 0 N–H and O–H groups in total. The first kappa shape index (κ1) is 11.6. The molecule has 0 spiro atoms. The molecule has 0 amide bonds. The van der Waals surface area contributed by atoms with Gasteiger partial charge >= 0.3 is 0 Å². The van der Waals surface area contributed by atoms with Crippen LogP contribution in [0.25, 0.3) is 0 Å². The van der Waals surface area contributed by atoms with Gasteiger partial charge in [-0.15, -0.1) is 0 Å². The first-order chi connectivity index (χ1) is 8.68. The third kappa shape index (κ3) is 1.70. The normalized spacial score (nSPS) is 15.1. The van der Waals surface area contributed by atoms with Crippen LogP contribution in [0.2, 0.25) is 0 Å². The van der Waals surface area contributed by atoms with Crippen LogP contribution in [-0.4, -0.2) is 14.1 Å². The van der Waals surface area contributed by atoms with E-state index >= 15 is 0 Å². The van der Waals surface area contributed by atoms with Crippen LogP contribution in [0.4, 0.5) is 11.4 Å². The third-order valence-electron chi connectivity index (χ3n) is 3.54. The Balaban J connectivity index is 2.03. The molecule has 3 heteroatoms. The lowest BCUT2D eigenvalue weighted by atomic mass is 10.1. The van der Waals surface area contributed by atoms with Crippen LogP contribution < -0.4 is 9.80 Å². The minimum atomic E-state index is 0.274. The van der Waals surface area contributed by atoms with Gasteiger partial charge in [0.15, 0.2) is 0 Å². The van der Waals surface area contributed by atoms with Crippen LogP contribution in [0.3, 0.4) is 0 Å². The Morgan fingerprint density at radius 1 is 0.833 bits per heavy atom. The van der Waals surface area contributed by atoms with Crippen molar-refractivity contribution in [1.82, 2.24) is 0 Å². The number of nitrogens with zero attached hydrogens (tertiary/aromatic N) is 2. The lowest BCUT2D eigenvalue weighted by Gasteiger charge is -2.28. The van der Waals surface area contributed by atoms with Crippen molar-refractivity contribution in [1.29, 1.82) is 0 Å². The molecule has 0 aromatic heterocycles. The largest absolute Gasteiger partial charge is 0.349 e. The summed E-state index contributed by atoms with van der Waals surface area (Å²) in [5.41, 5.74) is 3.88. The molecule has 1 aliphatic rings. The Labute approximate surface area is 116 Å². The second-order valence-corrected chi connectivity index (χ2v) is 5.55. The Morgan fingerprint density at radius 3 is 1.83 bits per heavy atom. The summed E-state index contributed by atoms with van der Waals surface area (Å²) in [5, 5.41) is 0. The summed E-state index contributed by atoms with van der Waals surface area (Å²) in [6.45, 7) is 0. The summed E-state index contributed by atoms with van der Waals surface area (Å²) >= 11 is 3.49. The average molecular weight is 303 g/mol. The number of hydrogen-bond donors (Lipinski definition) is 0. The molecule has 0 unspecified atom stereocenters. The van der Waals surface area contributed by atoms with Gasteiger partial charge in [0.25, 0.3) is 0 Å². The number of anilines is 2. The van der Waals surface area contributed by atoms with Gasteiger partial charge < -0.3 is 9.80 Å². The highest BCUT2D eigenvalue weighted by Gasteiger charge is 2.31. The predicted molar refractivity (Wildman–Crippen MR) is 80.1 cm³/mol. The highest BCUT2D eigenvalue weighted by Crippen LogP contribution is 2.43. The Kier molecular flexibility index (Phi) is 2.78. The van der Waals surface area contributed by atoms with Gasteiger partial charge in [0.05, 0.1) is 11.4 Å². The van der Waals surface area contributed by atoms with Crippen molar-refractivity contribution in [3.63, 3.8) is 0 Å². The van der Waals surface area contributed by atoms with Crippen LogP contribution >= 0.6 is 15.9 Å². The number of benzene rings is 2. The zero-order valence-electron chi connectivity index (χ0n) is 10.5. The lowest BCUT2D eigenvalue weighted by Crippen LogP contribution is -2.30. The van der Waals surface area contributed by atoms with E-state index < -0.39 is 0 Å². The van der Waals surface area contributed by atoms with Crippen molar-refractivity contribution < 1.29 is 0 Å². The number of hydrogen-bond acceptors (Lipinski definition) is 2. The van der Waals surface area contributed by atoms with Gasteiger partial charge in [-0.3, -0.25) is 0 Å². The molecule has 0 fully saturated rings. The highest BCUT2D eigenvalue weighted by atomic mass is 79.9. The van der Waals surface area contributed by atoms with Gasteiger partial charge in [-0.1, -0.05) is 40.2 Å². The molecular formula is C15H15BrN2. The molecule has 2 nitrogen and oxygen atoms in total. The molecule has 92 valence electrons. The number of para-hydroxylation sites is 2. The lowest BCUT2D eigenvalue weighted by molar-refractivity contribution is 0.694. The molecule has 1 heterocycles. The Bertz CT molecular complexity index is 536. The van der Waals surface area contributed by atoms with Crippen LogP contribution in [-0.2, 0) is 0 Å². The number of halogens is 1. The fourth-order valence-corrected chi connectivity index (χ4v) is 2.93. The molecule has 3 rings (SSSR count). The fraction of sp³-hybridized carbons (Fsp3) is 0.200. The van der Waals surface area contributed by atoms with Gasteiger partial charge in [-0.2, -0.15) is 0 Å². The van der Waals surface area contributed by atoms with E-state index in [1.54, 1.807) is 0 Å². The van der Waals surface area contributed by atoms with Crippen molar-refractivity contribution >= 4 is 27.3 Å². The number of rotatable bonds is 1. The molecule has 0 radical (unpaired) electrons. The first-order valence-corrected chi connectivity index (χ1v) is 6.78. The van der Waals surface area contributed by atoms with Crippen molar-refractivity contribution in [2.75, 3.05) is 23.9 Å². The Morgan fingerprint density at radius 2 is 1.33 bits per heavy atom. The third-order valence-corrected chi connectivity index (χ3v) is 4.07. The maximum atomic E-state index is 3.49. The maximum absolute atomic E-state index is 3.49. The highest BCUT2D eigenvalue weighted by molar-refractivity contribution is 9.10. The van der Waals surface area contributed by atoms with Gasteiger partial charge in [0.1, 0.15) is 6.17 Å². The SMILES string of the molecule is CN1c2ccccc2N(C)C1c1ccc(Br)cc1. The second-order valence-electron chi connectivity index (χ2n) is 4.64. The monoisotopic (exact) mass is 302 g/mol. The summed E-state index contributed by atoms with van der Waals surface area (Å²) in [6, 6.07) is 17.1. The van der Waals surface area contributed by atoms with E-state index in [0.29, 0.717) is 0 Å². The quantitative estimate of drug-likeness (QED) is 0.784. The maximum Gasteiger partial charge on any atom is 0.128 e. The van der Waals surface area contributed by atoms with E-state index in [9.17, 15) is 0 Å². The predicted octanol–water partition coefficient (Wildman–Crippen LogP) is 4.03. The van der Waals surface area contributed by atoms with Crippen molar-refractivity contribution in [3.8, 4) is 0 Å². The molecule has 0 aliphatic carbocycles. The first-order valence-electron chi connectivity index (χ1n) is 5.98. The standard InChI is InChI=1S/C15H15BrN2/c1-17-13-5-3-4-6-14(13)18(2)15(17)11-7-9-12(16)10-8-11/h3-10,15H,1-2H3. The average Bonchev–Trinajstić information content (AvgIpc) is 2.64. The van der Waals surface area contributed by atoms with Crippen molar-refractivity contribution in [2.45, 2.75) is 6.17 Å². The number of fused-ring (bicyclic) bond motifs is 1. The van der Waals surface area contributed by atoms with Gasteiger partial charge in [0, 0.05) is 18.6 Å².